The van der Waals surface area contributed by atoms with Crippen LogP contribution >= 0.6 is 0 Å². The molecule has 0 saturated carbocycles. The van der Waals surface area contributed by atoms with Crippen LogP contribution in [-0.4, -0.2) is 8.42 Å². The van der Waals surface area contributed by atoms with Gasteiger partial charge in [0, 0.05) is 16.5 Å². The Labute approximate surface area is 87.6 Å². The van der Waals surface area contributed by atoms with E-state index in [2.05, 4.69) is 10.0 Å². The summed E-state index contributed by atoms with van der Waals surface area (Å²) in [5.74, 6) is 0. The van der Waals surface area contributed by atoms with E-state index in [1.807, 2.05) is 6.92 Å². The van der Waals surface area contributed by atoms with Gasteiger partial charge in [-0.3, -0.25) is 0 Å². The van der Waals surface area contributed by atoms with Crippen LogP contribution < -0.4 is 0 Å². The molecular formula is C9H9N3O2S. The van der Waals surface area contributed by atoms with Crippen LogP contribution in [0.15, 0.2) is 45.9 Å². The molecule has 0 heterocycles. The van der Waals surface area contributed by atoms with Crippen molar-refractivity contribution in [3.63, 3.8) is 0 Å². The Morgan fingerprint density at radius 3 is 2.47 bits per heavy atom. The van der Waals surface area contributed by atoms with Gasteiger partial charge >= 0.3 is 0 Å². The maximum Gasteiger partial charge on any atom is 0.199 e. The predicted octanol–water partition coefficient (Wildman–Crippen LogP) is 2.55. The monoisotopic (exact) mass is 223 g/mol. The van der Waals surface area contributed by atoms with Crippen LogP contribution in [0.4, 0.5) is 0 Å². The quantitative estimate of drug-likeness (QED) is 0.448. The lowest BCUT2D eigenvalue weighted by Crippen LogP contribution is -1.95. The average molecular weight is 223 g/mol. The Morgan fingerprint density at radius 2 is 1.93 bits per heavy atom. The topological polar surface area (TPSA) is 82.9 Å². The molecule has 0 amide bonds. The highest BCUT2D eigenvalue weighted by atomic mass is 32.2. The summed E-state index contributed by atoms with van der Waals surface area (Å²) in [6.07, 6.45) is 0.912. The number of benzene rings is 1. The van der Waals surface area contributed by atoms with E-state index < -0.39 is 9.84 Å². The van der Waals surface area contributed by atoms with Crippen LogP contribution in [0.3, 0.4) is 0 Å². The lowest BCUT2D eigenvalue weighted by atomic mass is 10.2. The normalized spacial score (nSPS) is 11.3. The summed E-state index contributed by atoms with van der Waals surface area (Å²) in [7, 11) is -3.49. The molecule has 0 fully saturated rings. The molecule has 0 bridgehead atoms. The summed E-state index contributed by atoms with van der Waals surface area (Å²) in [6.45, 7) is 1.87. The van der Waals surface area contributed by atoms with Gasteiger partial charge in [0.05, 0.1) is 4.90 Å². The Bertz CT molecular complexity index is 511. The standard InChI is InChI=1S/C9H9N3O2S/c1-8-2-4-9(5-3-8)15(13,14)7-6-11-12-10/h2-7H,1H3. The molecule has 0 unspecified atom stereocenters. The molecule has 0 atom stereocenters. The van der Waals surface area contributed by atoms with Gasteiger partial charge in [0.2, 0.25) is 0 Å². The molecule has 0 radical (unpaired) electrons. The van der Waals surface area contributed by atoms with Crippen molar-refractivity contribution in [3.8, 4) is 0 Å². The first-order chi connectivity index (χ1) is 7.06. The minimum atomic E-state index is -3.49. The zero-order chi connectivity index (χ0) is 11.3. The number of hydrogen-bond donors (Lipinski definition) is 0. The summed E-state index contributed by atoms with van der Waals surface area (Å²) in [4.78, 5) is 2.60. The molecule has 15 heavy (non-hydrogen) atoms. The largest absolute Gasteiger partial charge is 0.219 e. The molecule has 0 aliphatic rings. The third-order valence-electron chi connectivity index (χ3n) is 1.71. The van der Waals surface area contributed by atoms with E-state index >= 15 is 0 Å². The van der Waals surface area contributed by atoms with Gasteiger partial charge in [-0.25, -0.2) is 8.42 Å². The van der Waals surface area contributed by atoms with Crippen molar-refractivity contribution in [2.24, 2.45) is 5.11 Å². The molecule has 5 nitrogen and oxygen atoms in total. The average Bonchev–Trinajstić information content (AvgIpc) is 2.18. The Morgan fingerprint density at radius 1 is 1.33 bits per heavy atom. The fourth-order valence-electron chi connectivity index (χ4n) is 0.944. The second-order valence-corrected chi connectivity index (χ2v) is 4.68. The number of sulfone groups is 1. The molecule has 1 rings (SSSR count). The molecule has 78 valence electrons. The zero-order valence-electron chi connectivity index (χ0n) is 8.03. The van der Waals surface area contributed by atoms with Gasteiger partial charge in [-0.05, 0) is 24.6 Å². The highest BCUT2D eigenvalue weighted by molar-refractivity contribution is 7.94. The molecule has 0 saturated heterocycles. The molecule has 1 aromatic rings. The number of aryl methyl sites for hydroxylation is 1. The van der Waals surface area contributed by atoms with Crippen molar-refractivity contribution in [2.75, 3.05) is 0 Å². The van der Waals surface area contributed by atoms with Crippen molar-refractivity contribution < 1.29 is 8.42 Å². The molecule has 1 aromatic carbocycles. The molecule has 0 aliphatic heterocycles. The van der Waals surface area contributed by atoms with E-state index in [0.717, 1.165) is 17.2 Å². The van der Waals surface area contributed by atoms with Gasteiger partial charge in [0.1, 0.15) is 0 Å². The third kappa shape index (κ3) is 3.12. The molecule has 6 heteroatoms. The van der Waals surface area contributed by atoms with Crippen LogP contribution in [0.2, 0.25) is 0 Å². The highest BCUT2D eigenvalue weighted by Crippen LogP contribution is 2.12. The Balaban J connectivity index is 3.06. The van der Waals surface area contributed by atoms with Gasteiger partial charge in [-0.2, -0.15) is 0 Å². The summed E-state index contributed by atoms with van der Waals surface area (Å²) < 4.78 is 23.1. The molecular weight excluding hydrogens is 214 g/mol. The van der Waals surface area contributed by atoms with Crippen molar-refractivity contribution >= 4 is 9.84 Å². The molecule has 0 aromatic heterocycles. The first kappa shape index (κ1) is 11.3. The Kier molecular flexibility index (Phi) is 3.49. The molecule has 0 N–H and O–H groups in total. The van der Waals surface area contributed by atoms with E-state index in [4.69, 9.17) is 5.53 Å². The number of rotatable bonds is 3. The minimum absolute atomic E-state index is 0.178. The van der Waals surface area contributed by atoms with E-state index in [-0.39, 0.29) is 4.90 Å². The summed E-state index contributed by atoms with van der Waals surface area (Å²) in [5, 5.41) is 3.89. The van der Waals surface area contributed by atoms with Crippen molar-refractivity contribution in [1.82, 2.24) is 0 Å². The summed E-state index contributed by atoms with van der Waals surface area (Å²) in [5.41, 5.74) is 8.96. The SMILES string of the molecule is Cc1ccc(S(=O)(=O)C=CN=[N+]=[N-])cc1. The smallest absolute Gasteiger partial charge is 0.199 e. The van der Waals surface area contributed by atoms with Crippen molar-refractivity contribution in [1.29, 1.82) is 0 Å². The summed E-state index contributed by atoms with van der Waals surface area (Å²) in [6, 6.07) is 6.42. The fourth-order valence-corrected chi connectivity index (χ4v) is 1.83. The van der Waals surface area contributed by atoms with Crippen LogP contribution in [0.1, 0.15) is 5.56 Å². The van der Waals surface area contributed by atoms with Gasteiger partial charge in [-0.1, -0.05) is 22.8 Å². The van der Waals surface area contributed by atoms with Gasteiger partial charge in [0.15, 0.2) is 9.84 Å². The number of azide groups is 1. The summed E-state index contributed by atoms with van der Waals surface area (Å²) >= 11 is 0. The predicted molar refractivity (Wildman–Crippen MR) is 56.7 cm³/mol. The van der Waals surface area contributed by atoms with Crippen molar-refractivity contribution in [2.45, 2.75) is 11.8 Å². The van der Waals surface area contributed by atoms with E-state index in [9.17, 15) is 8.42 Å². The Hall–Kier alpha value is -1.78. The van der Waals surface area contributed by atoms with E-state index in [0.29, 0.717) is 0 Å². The van der Waals surface area contributed by atoms with Crippen LogP contribution in [0.25, 0.3) is 10.4 Å². The van der Waals surface area contributed by atoms with Gasteiger partial charge < -0.3 is 0 Å². The fraction of sp³-hybridized carbons (Fsp3) is 0.111. The molecule has 0 aliphatic carbocycles. The highest BCUT2D eigenvalue weighted by Gasteiger charge is 2.08. The lowest BCUT2D eigenvalue weighted by molar-refractivity contribution is 0.604. The third-order valence-corrected chi connectivity index (χ3v) is 3.12. The molecule has 0 spiro atoms. The van der Waals surface area contributed by atoms with E-state index in [1.165, 1.54) is 12.1 Å². The van der Waals surface area contributed by atoms with Crippen LogP contribution in [0.5, 0.6) is 0 Å². The zero-order valence-corrected chi connectivity index (χ0v) is 8.85. The minimum Gasteiger partial charge on any atom is -0.219 e. The van der Waals surface area contributed by atoms with Crippen LogP contribution in [0, 0.1) is 6.92 Å². The van der Waals surface area contributed by atoms with Gasteiger partial charge in [-0.15, -0.1) is 0 Å². The second kappa shape index (κ2) is 4.63. The maximum absolute atomic E-state index is 11.5. The van der Waals surface area contributed by atoms with Crippen LogP contribution in [-0.2, 0) is 9.84 Å². The second-order valence-electron chi connectivity index (χ2n) is 2.85. The first-order valence-corrected chi connectivity index (χ1v) is 5.63. The maximum atomic E-state index is 11.5. The van der Waals surface area contributed by atoms with Gasteiger partial charge in [0.25, 0.3) is 0 Å². The first-order valence-electron chi connectivity index (χ1n) is 4.09. The lowest BCUT2D eigenvalue weighted by Gasteiger charge is -1.98. The number of nitrogens with zero attached hydrogens (tertiary/aromatic N) is 3. The number of hydrogen-bond acceptors (Lipinski definition) is 3. The van der Waals surface area contributed by atoms with Crippen molar-refractivity contribution in [3.05, 3.63) is 51.9 Å². The van der Waals surface area contributed by atoms with E-state index in [1.54, 1.807) is 12.1 Å².